The second-order valence-electron chi connectivity index (χ2n) is 12.6. The molecule has 10 nitrogen and oxygen atoms in total. The van der Waals surface area contributed by atoms with Gasteiger partial charge in [-0.25, -0.2) is 4.79 Å². The van der Waals surface area contributed by atoms with Gasteiger partial charge < -0.3 is 29.4 Å². The van der Waals surface area contributed by atoms with Crippen molar-refractivity contribution in [3.63, 3.8) is 0 Å². The molecule has 2 aromatic heterocycles. The van der Waals surface area contributed by atoms with Crippen LogP contribution in [0.5, 0.6) is 11.5 Å². The summed E-state index contributed by atoms with van der Waals surface area (Å²) in [5.74, 6) is -0.789. The number of aromatic nitrogens is 1. The lowest BCUT2D eigenvalue weighted by Crippen LogP contribution is -2.52. The zero-order chi connectivity index (χ0) is 35.4. The first-order valence-electron chi connectivity index (χ1n) is 16.5. The van der Waals surface area contributed by atoms with Gasteiger partial charge >= 0.3 is 5.97 Å². The third kappa shape index (κ3) is 8.03. The van der Waals surface area contributed by atoms with Crippen LogP contribution in [0.4, 0.5) is 0 Å². The summed E-state index contributed by atoms with van der Waals surface area (Å²) in [5.41, 5.74) is 2.59. The summed E-state index contributed by atoms with van der Waals surface area (Å²) in [6.07, 6.45) is 5.26. The number of fused-ring (bicyclic) bond motifs is 3. The standard InChI is InChI=1S/C37H39Cl2N3O7S/c1-47-31-9-8-24(16-32(31)48-2)26(18-28-29(38)19-42(46)20-30(28)39)27-17-25(50-35(27)36(43)44)10-13-40-34(23-6-4-3-5-7-23)37(45)49-33-21-41-14-11-22(33)12-15-41/h3-9,16-17,19-20,22,26,33-34,40H,10-15,18,21H2,1-2H3,(H-,43,44,46)/t26-,33-,34?/m0/s1. The first-order chi connectivity index (χ1) is 24.1. The minimum absolute atomic E-state index is 0.0709. The Hall–Kier alpha value is -3.87. The summed E-state index contributed by atoms with van der Waals surface area (Å²) in [5, 5.41) is 26.4. The highest BCUT2D eigenvalue weighted by atomic mass is 35.5. The lowest BCUT2D eigenvalue weighted by Gasteiger charge is -2.44. The van der Waals surface area contributed by atoms with Crippen LogP contribution in [-0.4, -0.2) is 68.5 Å². The third-order valence-electron chi connectivity index (χ3n) is 9.61. The molecule has 2 bridgehead atoms. The zero-order valence-corrected chi connectivity index (χ0v) is 30.1. The van der Waals surface area contributed by atoms with Crippen LogP contribution in [-0.2, 0) is 22.4 Å². The molecule has 4 aromatic rings. The molecular weight excluding hydrogens is 701 g/mol. The van der Waals surface area contributed by atoms with Crippen molar-refractivity contribution in [2.75, 3.05) is 40.4 Å². The van der Waals surface area contributed by atoms with E-state index in [1.807, 2.05) is 42.5 Å². The fourth-order valence-electron chi connectivity index (χ4n) is 7.00. The van der Waals surface area contributed by atoms with Crippen LogP contribution < -0.4 is 24.6 Å². The van der Waals surface area contributed by atoms with E-state index in [1.165, 1.54) is 26.6 Å². The van der Waals surface area contributed by atoms with Crippen LogP contribution in [0, 0.1) is 5.92 Å². The number of methoxy groups -OCH3 is 2. The van der Waals surface area contributed by atoms with Crippen molar-refractivity contribution in [1.82, 2.24) is 10.2 Å². The van der Waals surface area contributed by atoms with Gasteiger partial charge in [0.1, 0.15) is 22.2 Å². The number of carbonyl (C=O) groups excluding carboxylic acids is 2. The van der Waals surface area contributed by atoms with Crippen LogP contribution in [0.2, 0.25) is 10.0 Å². The van der Waals surface area contributed by atoms with E-state index in [-0.39, 0.29) is 33.4 Å². The van der Waals surface area contributed by atoms with Gasteiger partial charge in [0.05, 0.1) is 25.1 Å². The Bertz CT molecular complexity index is 1810. The number of aromatic carboxylic acids is 1. The molecule has 2 aromatic carbocycles. The van der Waals surface area contributed by atoms with Gasteiger partial charge in [0.2, 0.25) is 12.4 Å². The molecule has 0 radical (unpaired) electrons. The van der Waals surface area contributed by atoms with E-state index < -0.39 is 17.9 Å². The number of nitrogens with one attached hydrogen (secondary N) is 1. The number of hydrogen-bond acceptors (Lipinski definition) is 10. The minimum atomic E-state index is -1.31. The Balaban J connectivity index is 1.27. The van der Waals surface area contributed by atoms with E-state index in [9.17, 15) is 19.9 Å². The molecule has 3 fully saturated rings. The molecule has 50 heavy (non-hydrogen) atoms. The quantitative estimate of drug-likeness (QED) is 0.106. The molecule has 7 rings (SSSR count). The van der Waals surface area contributed by atoms with E-state index in [4.69, 9.17) is 37.4 Å². The smallest absolute Gasteiger partial charge is 0.328 e. The van der Waals surface area contributed by atoms with Crippen molar-refractivity contribution in [1.29, 1.82) is 0 Å². The zero-order valence-electron chi connectivity index (χ0n) is 27.8. The van der Waals surface area contributed by atoms with Gasteiger partial charge in [0, 0.05) is 34.2 Å². The van der Waals surface area contributed by atoms with Crippen molar-refractivity contribution in [2.45, 2.75) is 43.7 Å². The molecule has 3 saturated heterocycles. The van der Waals surface area contributed by atoms with Gasteiger partial charge in [-0.15, -0.1) is 11.3 Å². The molecule has 0 saturated carbocycles. The predicted molar refractivity (Wildman–Crippen MR) is 188 cm³/mol. The number of nitrogens with zero attached hydrogens (tertiary/aromatic N) is 2. The fraction of sp³-hybridized carbons (Fsp3) is 0.378. The molecule has 3 aliphatic heterocycles. The Morgan fingerprint density at radius 2 is 1.72 bits per heavy atom. The summed E-state index contributed by atoms with van der Waals surface area (Å²) >= 11 is 14.2. The molecule has 1 unspecified atom stereocenters. The Labute approximate surface area is 305 Å². The van der Waals surface area contributed by atoms with Gasteiger partial charge in [-0.2, -0.15) is 0 Å². The number of piperidine rings is 3. The van der Waals surface area contributed by atoms with Gasteiger partial charge in [0.15, 0.2) is 11.5 Å². The first kappa shape index (κ1) is 35.9. The monoisotopic (exact) mass is 739 g/mol. The highest BCUT2D eigenvalue weighted by Gasteiger charge is 2.38. The first-order valence-corrected chi connectivity index (χ1v) is 18.1. The Morgan fingerprint density at radius 3 is 2.34 bits per heavy atom. The summed E-state index contributed by atoms with van der Waals surface area (Å²) in [4.78, 5) is 29.4. The van der Waals surface area contributed by atoms with Crippen LogP contribution in [0.1, 0.15) is 61.6 Å². The van der Waals surface area contributed by atoms with Crippen LogP contribution in [0.25, 0.3) is 0 Å². The number of esters is 1. The molecule has 13 heteroatoms. The highest BCUT2D eigenvalue weighted by Crippen LogP contribution is 2.41. The van der Waals surface area contributed by atoms with Crippen molar-refractivity contribution in [3.05, 3.63) is 109 Å². The van der Waals surface area contributed by atoms with E-state index in [0.29, 0.717) is 41.5 Å². The molecule has 0 spiro atoms. The average molecular weight is 741 g/mol. The van der Waals surface area contributed by atoms with Gasteiger partial charge in [0.25, 0.3) is 0 Å². The van der Waals surface area contributed by atoms with Crippen molar-refractivity contribution in [2.24, 2.45) is 5.92 Å². The largest absolute Gasteiger partial charge is 0.544 e. The van der Waals surface area contributed by atoms with Crippen molar-refractivity contribution < 1.29 is 38.8 Å². The summed E-state index contributed by atoms with van der Waals surface area (Å²) < 4.78 is 17.9. The van der Waals surface area contributed by atoms with E-state index in [0.717, 1.165) is 64.5 Å². The number of carbonyl (C=O) groups is 2. The van der Waals surface area contributed by atoms with Gasteiger partial charge in [-0.05, 0) is 79.6 Å². The van der Waals surface area contributed by atoms with E-state index >= 15 is 0 Å². The molecule has 0 aliphatic carbocycles. The Morgan fingerprint density at radius 1 is 1.02 bits per heavy atom. The number of rotatable bonds is 14. The van der Waals surface area contributed by atoms with Gasteiger partial charge in [-0.1, -0.05) is 59.6 Å². The molecule has 0 amide bonds. The maximum atomic E-state index is 13.6. The number of carboxylic acid groups (broad SMARTS) is 1. The highest BCUT2D eigenvalue weighted by molar-refractivity contribution is 7.14. The third-order valence-corrected chi connectivity index (χ3v) is 11.5. The lowest BCUT2D eigenvalue weighted by atomic mass is 9.85. The van der Waals surface area contributed by atoms with Crippen molar-refractivity contribution in [3.8, 4) is 11.5 Å². The SMILES string of the molecule is COc1ccc([C@H](Cc2c(Cl)c[n+](O)cc2Cl)c2cc(CCNC(C(=O)O[C@H]3CN4CCC3CC4)c3ccccc3)sc2C(=O)[O-])cc1OC. The Kier molecular flexibility index (Phi) is 11.5. The normalized spacial score (nSPS) is 19.5. The minimum Gasteiger partial charge on any atom is -0.544 e. The number of pyridine rings is 1. The molecule has 5 heterocycles. The number of benzene rings is 2. The van der Waals surface area contributed by atoms with Crippen molar-refractivity contribution >= 4 is 46.5 Å². The molecule has 3 aliphatic rings. The number of carboxylic acids is 1. The van der Waals surface area contributed by atoms with E-state index in [1.54, 1.807) is 12.1 Å². The summed E-state index contributed by atoms with van der Waals surface area (Å²) in [6, 6.07) is 16.1. The molecule has 3 atom stereocenters. The number of hydrogen-bond donors (Lipinski definition) is 2. The summed E-state index contributed by atoms with van der Waals surface area (Å²) in [7, 11) is 3.06. The average Bonchev–Trinajstić information content (AvgIpc) is 3.54. The number of halogens is 2. The molecule has 264 valence electrons. The van der Waals surface area contributed by atoms with Crippen LogP contribution in [0.3, 0.4) is 0 Å². The number of thiophene rings is 1. The maximum absolute atomic E-state index is 13.6. The molecule has 2 N–H and O–H groups in total. The van der Waals surface area contributed by atoms with Crippen LogP contribution >= 0.6 is 34.5 Å². The molecular formula is C37H39Cl2N3O7S. The number of ether oxygens (including phenoxy) is 3. The van der Waals surface area contributed by atoms with E-state index in [2.05, 4.69) is 10.2 Å². The maximum Gasteiger partial charge on any atom is 0.328 e. The fourth-order valence-corrected chi connectivity index (χ4v) is 8.66. The summed E-state index contributed by atoms with van der Waals surface area (Å²) in [6.45, 7) is 3.26. The van der Waals surface area contributed by atoms with Gasteiger partial charge in [-0.3, -0.25) is 10.1 Å². The van der Waals surface area contributed by atoms with Crippen LogP contribution in [0.15, 0.2) is 67.0 Å². The second-order valence-corrected chi connectivity index (χ2v) is 14.6. The predicted octanol–water partition coefficient (Wildman–Crippen LogP) is 4.85. The topological polar surface area (TPSA) is 124 Å². The lowest BCUT2D eigenvalue weighted by molar-refractivity contribution is -0.904. The second kappa shape index (κ2) is 16.0.